The van der Waals surface area contributed by atoms with Gasteiger partial charge in [-0.2, -0.15) is 0 Å². The Kier molecular flexibility index (Phi) is 3.50. The molecular weight excluding hydrogens is 160 g/mol. The van der Waals surface area contributed by atoms with E-state index in [2.05, 4.69) is 10.4 Å². The van der Waals surface area contributed by atoms with Gasteiger partial charge in [-0.05, 0) is 30.8 Å². The molecule has 0 saturated heterocycles. The molecule has 0 aromatic rings. The van der Waals surface area contributed by atoms with E-state index in [9.17, 15) is 4.79 Å². The van der Waals surface area contributed by atoms with Crippen molar-refractivity contribution in [1.82, 2.24) is 0 Å². The molecule has 1 saturated carbocycles. The zero-order chi connectivity index (χ0) is 8.81. The number of rotatable bonds is 2. The highest BCUT2D eigenvalue weighted by Gasteiger charge is 2.14. The summed E-state index contributed by atoms with van der Waals surface area (Å²) in [6, 6.07) is 0. The normalized spacial score (nSPS) is 19.7. The monoisotopic (exact) mass is 172 g/mol. The third kappa shape index (κ3) is 3.32. The highest BCUT2D eigenvalue weighted by Crippen LogP contribution is 2.20. The van der Waals surface area contributed by atoms with Gasteiger partial charge in [0.05, 0.1) is 0 Å². The molecule has 0 aliphatic heterocycles. The topological polar surface area (TPSA) is 71.2 Å². The number of hydrogen-bond acceptors (Lipinski definition) is 3. The molecule has 5 nitrogen and oxygen atoms in total. The van der Waals surface area contributed by atoms with E-state index >= 15 is 0 Å². The fourth-order valence-corrected chi connectivity index (χ4v) is 1.30. The van der Waals surface area contributed by atoms with Crippen molar-refractivity contribution in [2.45, 2.75) is 38.2 Å². The van der Waals surface area contributed by atoms with Crippen LogP contribution in [0.15, 0.2) is 10.4 Å². The molecule has 0 bridgehead atoms. The van der Waals surface area contributed by atoms with Gasteiger partial charge in [0, 0.05) is 5.28 Å². The van der Waals surface area contributed by atoms with Crippen molar-refractivity contribution in [2.24, 2.45) is 10.4 Å². The lowest BCUT2D eigenvalue weighted by Crippen LogP contribution is -2.13. The average Bonchev–Trinajstić information content (AvgIpc) is 2.05. The molecule has 12 heavy (non-hydrogen) atoms. The molecule has 0 aromatic heterocycles. The molecule has 1 aliphatic carbocycles. The van der Waals surface area contributed by atoms with E-state index in [0.29, 0.717) is 0 Å². The Morgan fingerprint density at radius 3 is 2.58 bits per heavy atom. The standard InChI is InChI=1S/C7H12N2O3/c10-7(11)8-9-12-6-4-2-1-3-5-6/h6H,1-5H2,(H,10,11). The largest absolute Gasteiger partial charge is 0.462 e. The van der Waals surface area contributed by atoms with E-state index in [4.69, 9.17) is 9.94 Å². The molecule has 0 radical (unpaired) electrons. The van der Waals surface area contributed by atoms with Gasteiger partial charge in [0.2, 0.25) is 0 Å². The van der Waals surface area contributed by atoms with Gasteiger partial charge in [-0.15, -0.1) is 0 Å². The van der Waals surface area contributed by atoms with Gasteiger partial charge in [-0.3, -0.25) is 0 Å². The summed E-state index contributed by atoms with van der Waals surface area (Å²) in [5.41, 5.74) is 0. The van der Waals surface area contributed by atoms with Crippen LogP contribution in [0, 0.1) is 0 Å². The minimum absolute atomic E-state index is 0.0712. The summed E-state index contributed by atoms with van der Waals surface area (Å²) in [6.07, 6.45) is 4.17. The van der Waals surface area contributed by atoms with Gasteiger partial charge in [0.1, 0.15) is 6.10 Å². The van der Waals surface area contributed by atoms with Crippen molar-refractivity contribution in [3.63, 3.8) is 0 Å². The summed E-state index contributed by atoms with van der Waals surface area (Å²) < 4.78 is 0. The van der Waals surface area contributed by atoms with Crippen LogP contribution in [0.25, 0.3) is 0 Å². The number of carbonyl (C=O) groups is 1. The lowest BCUT2D eigenvalue weighted by atomic mass is 9.98. The molecule has 1 aliphatic rings. The highest BCUT2D eigenvalue weighted by molar-refractivity contribution is 5.64. The maximum Gasteiger partial charge on any atom is 0.452 e. The molecule has 5 heteroatoms. The van der Waals surface area contributed by atoms with E-state index in [1.165, 1.54) is 6.42 Å². The third-order valence-corrected chi connectivity index (χ3v) is 1.87. The molecule has 0 aromatic carbocycles. The van der Waals surface area contributed by atoms with Gasteiger partial charge in [0.25, 0.3) is 0 Å². The minimum atomic E-state index is -1.31. The average molecular weight is 172 g/mol. The van der Waals surface area contributed by atoms with Crippen LogP contribution in [-0.2, 0) is 4.84 Å². The molecule has 0 unspecified atom stereocenters. The molecule has 1 amide bonds. The van der Waals surface area contributed by atoms with Crippen LogP contribution in [0.4, 0.5) is 4.79 Å². The second-order valence-electron chi connectivity index (χ2n) is 2.83. The van der Waals surface area contributed by atoms with Crippen LogP contribution in [0.3, 0.4) is 0 Å². The Bertz CT molecular complexity index is 175. The molecule has 0 atom stereocenters. The van der Waals surface area contributed by atoms with Gasteiger partial charge in [0.15, 0.2) is 0 Å². The second kappa shape index (κ2) is 4.69. The van der Waals surface area contributed by atoms with Crippen LogP contribution in [0.1, 0.15) is 32.1 Å². The summed E-state index contributed by atoms with van der Waals surface area (Å²) >= 11 is 0. The van der Waals surface area contributed by atoms with Gasteiger partial charge < -0.3 is 9.94 Å². The summed E-state index contributed by atoms with van der Waals surface area (Å²) in [5, 5.41) is 14.1. The van der Waals surface area contributed by atoms with Gasteiger partial charge in [-0.25, -0.2) is 4.79 Å². The predicted molar refractivity (Wildman–Crippen MR) is 40.8 cm³/mol. The summed E-state index contributed by atoms with van der Waals surface area (Å²) in [5.74, 6) is 0. The van der Waals surface area contributed by atoms with Crippen LogP contribution >= 0.6 is 0 Å². The van der Waals surface area contributed by atoms with Crippen LogP contribution in [0.5, 0.6) is 0 Å². The van der Waals surface area contributed by atoms with E-state index < -0.39 is 6.09 Å². The Balaban J connectivity index is 2.17. The predicted octanol–water partition coefficient (Wildman–Crippen LogP) is 2.38. The van der Waals surface area contributed by atoms with E-state index in [1.807, 2.05) is 0 Å². The summed E-state index contributed by atoms with van der Waals surface area (Å²) in [7, 11) is 0. The van der Waals surface area contributed by atoms with E-state index in [1.54, 1.807) is 0 Å². The van der Waals surface area contributed by atoms with Crippen molar-refractivity contribution in [3.8, 4) is 0 Å². The first-order valence-corrected chi connectivity index (χ1v) is 4.09. The number of nitrogens with zero attached hydrogens (tertiary/aromatic N) is 2. The lowest BCUT2D eigenvalue weighted by Gasteiger charge is -2.17. The number of carboxylic acid groups (broad SMARTS) is 1. The van der Waals surface area contributed by atoms with Crippen molar-refractivity contribution < 1.29 is 14.7 Å². The molecular formula is C7H12N2O3. The highest BCUT2D eigenvalue weighted by atomic mass is 16.7. The third-order valence-electron chi connectivity index (χ3n) is 1.87. The molecule has 1 rings (SSSR count). The molecule has 0 spiro atoms. The number of hydrogen-bond donors (Lipinski definition) is 1. The lowest BCUT2D eigenvalue weighted by molar-refractivity contribution is 0.0188. The van der Waals surface area contributed by atoms with Crippen molar-refractivity contribution >= 4 is 6.09 Å². The molecule has 1 fully saturated rings. The second-order valence-corrected chi connectivity index (χ2v) is 2.83. The SMILES string of the molecule is O=C(O)N=NOC1CCCCC1. The first-order valence-electron chi connectivity index (χ1n) is 4.09. The van der Waals surface area contributed by atoms with E-state index in [0.717, 1.165) is 25.7 Å². The minimum Gasteiger partial charge on any atom is -0.462 e. The van der Waals surface area contributed by atoms with Crippen molar-refractivity contribution in [3.05, 3.63) is 0 Å². The summed E-state index contributed by atoms with van der Waals surface area (Å²) in [4.78, 5) is 14.8. The van der Waals surface area contributed by atoms with E-state index in [-0.39, 0.29) is 6.10 Å². The first kappa shape index (κ1) is 8.96. The maximum atomic E-state index is 9.90. The fraction of sp³-hybridized carbons (Fsp3) is 0.857. The Morgan fingerprint density at radius 2 is 2.00 bits per heavy atom. The van der Waals surface area contributed by atoms with Crippen LogP contribution < -0.4 is 0 Å². The van der Waals surface area contributed by atoms with Gasteiger partial charge >= 0.3 is 6.09 Å². The Hall–Kier alpha value is -1.13. The van der Waals surface area contributed by atoms with Crippen LogP contribution in [-0.4, -0.2) is 17.3 Å². The van der Waals surface area contributed by atoms with Crippen molar-refractivity contribution in [2.75, 3.05) is 0 Å². The summed E-state index contributed by atoms with van der Waals surface area (Å²) in [6.45, 7) is 0. The zero-order valence-corrected chi connectivity index (χ0v) is 6.77. The molecule has 68 valence electrons. The van der Waals surface area contributed by atoms with Gasteiger partial charge in [-0.1, -0.05) is 6.42 Å². The Labute approximate surface area is 70.4 Å². The zero-order valence-electron chi connectivity index (χ0n) is 6.77. The molecule has 1 N–H and O–H groups in total. The smallest absolute Gasteiger partial charge is 0.452 e. The number of amides is 1. The maximum absolute atomic E-state index is 9.90. The first-order chi connectivity index (χ1) is 5.79. The van der Waals surface area contributed by atoms with Crippen molar-refractivity contribution in [1.29, 1.82) is 0 Å². The van der Waals surface area contributed by atoms with Crippen LogP contribution in [0.2, 0.25) is 0 Å². The Morgan fingerprint density at radius 1 is 1.33 bits per heavy atom. The fourth-order valence-electron chi connectivity index (χ4n) is 1.30. The molecule has 0 heterocycles. The quantitative estimate of drug-likeness (QED) is 0.513.